The number of ether oxygens (including phenoxy) is 1. The largest absolute Gasteiger partial charge is 0.497 e. The summed E-state index contributed by atoms with van der Waals surface area (Å²) in [6.07, 6.45) is 5.68. The van der Waals surface area contributed by atoms with Gasteiger partial charge in [0.2, 0.25) is 0 Å². The number of carbonyl (C=O) groups is 1. The van der Waals surface area contributed by atoms with Crippen LogP contribution in [0, 0.1) is 0 Å². The molecule has 0 aromatic heterocycles. The Labute approximate surface area is 154 Å². The van der Waals surface area contributed by atoms with Crippen molar-refractivity contribution in [1.29, 1.82) is 0 Å². The van der Waals surface area contributed by atoms with Crippen LogP contribution in [0.2, 0.25) is 0 Å². The summed E-state index contributed by atoms with van der Waals surface area (Å²) in [5, 5.41) is 0. The Morgan fingerprint density at radius 1 is 1.08 bits per heavy atom. The third-order valence-electron chi connectivity index (χ3n) is 5.75. The molecule has 0 radical (unpaired) electrons. The molecular formula is C22H25N2O2+. The summed E-state index contributed by atoms with van der Waals surface area (Å²) in [5.74, 6) is 0.823. The number of quaternary nitrogens is 1. The lowest BCUT2D eigenvalue weighted by atomic mass is 10.0. The van der Waals surface area contributed by atoms with E-state index in [-0.39, 0.29) is 5.91 Å². The number of hydrogen-bond acceptors (Lipinski definition) is 2. The van der Waals surface area contributed by atoms with Crippen LogP contribution in [0.1, 0.15) is 29.6 Å². The Bertz CT molecular complexity index is 814. The lowest BCUT2D eigenvalue weighted by Crippen LogP contribution is -3.14. The van der Waals surface area contributed by atoms with Crippen LogP contribution in [-0.2, 0) is 0 Å². The van der Waals surface area contributed by atoms with Crippen LogP contribution in [0.3, 0.4) is 0 Å². The summed E-state index contributed by atoms with van der Waals surface area (Å²) in [4.78, 5) is 16.8. The lowest BCUT2D eigenvalue weighted by molar-refractivity contribution is -0.911. The number of hydrogen-bond donors (Lipinski definition) is 1. The van der Waals surface area contributed by atoms with Crippen molar-refractivity contribution < 1.29 is 14.4 Å². The molecule has 1 fully saturated rings. The maximum Gasteiger partial charge on any atom is 0.262 e. The van der Waals surface area contributed by atoms with Gasteiger partial charge in [-0.25, -0.2) is 0 Å². The van der Waals surface area contributed by atoms with Crippen molar-refractivity contribution in [2.75, 3.05) is 19.1 Å². The van der Waals surface area contributed by atoms with E-state index < -0.39 is 0 Å². The third-order valence-corrected chi connectivity index (χ3v) is 5.75. The summed E-state index contributed by atoms with van der Waals surface area (Å²) in [7, 11) is 3.92. The van der Waals surface area contributed by atoms with E-state index in [9.17, 15) is 4.79 Å². The minimum atomic E-state index is 0.0287. The second-order valence-electron chi connectivity index (χ2n) is 7.19. The van der Waals surface area contributed by atoms with E-state index in [1.807, 2.05) is 59.5 Å². The lowest BCUT2D eigenvalue weighted by Gasteiger charge is -2.33. The molecule has 1 unspecified atom stereocenters. The van der Waals surface area contributed by atoms with Crippen LogP contribution in [0.25, 0.3) is 0 Å². The van der Waals surface area contributed by atoms with E-state index >= 15 is 0 Å². The zero-order chi connectivity index (χ0) is 18.1. The highest BCUT2D eigenvalue weighted by molar-refractivity contribution is 6.08. The summed E-state index contributed by atoms with van der Waals surface area (Å²) in [5.41, 5.74) is 2.73. The van der Waals surface area contributed by atoms with Crippen molar-refractivity contribution in [3.63, 3.8) is 0 Å². The highest BCUT2D eigenvalue weighted by atomic mass is 16.5. The molecule has 26 heavy (non-hydrogen) atoms. The third kappa shape index (κ3) is 3.01. The Morgan fingerprint density at radius 3 is 2.46 bits per heavy atom. The number of anilines is 1. The first kappa shape index (κ1) is 16.9. The number of carbonyl (C=O) groups excluding carboxylic acids is 1. The molecule has 2 aliphatic rings. The Hall–Kier alpha value is -2.59. The minimum absolute atomic E-state index is 0.0287. The fourth-order valence-electron chi connectivity index (χ4n) is 4.19. The van der Waals surface area contributed by atoms with Gasteiger partial charge in [-0.3, -0.25) is 9.69 Å². The van der Waals surface area contributed by atoms with Crippen molar-refractivity contribution >= 4 is 11.6 Å². The molecule has 1 saturated heterocycles. The second-order valence-corrected chi connectivity index (χ2v) is 7.19. The van der Waals surface area contributed by atoms with Gasteiger partial charge >= 0.3 is 0 Å². The van der Waals surface area contributed by atoms with Crippen LogP contribution in [0.4, 0.5) is 5.69 Å². The quantitative estimate of drug-likeness (QED) is 0.921. The van der Waals surface area contributed by atoms with E-state index in [1.165, 1.54) is 12.8 Å². The Kier molecular flexibility index (Phi) is 4.51. The van der Waals surface area contributed by atoms with Gasteiger partial charge < -0.3 is 9.64 Å². The smallest absolute Gasteiger partial charge is 0.262 e. The molecule has 3 atom stereocenters. The van der Waals surface area contributed by atoms with Crippen molar-refractivity contribution in [3.8, 4) is 5.75 Å². The molecule has 0 saturated carbocycles. The SMILES string of the molecule is COc1ccc(N(C(=O)c2ccccc2)C2=C[C@@H]3CC[C@H](C2)[NH+]3C)cc1. The first-order chi connectivity index (χ1) is 12.7. The molecule has 0 aliphatic carbocycles. The number of methoxy groups -OCH3 is 1. The number of benzene rings is 2. The van der Waals surface area contributed by atoms with Crippen LogP contribution >= 0.6 is 0 Å². The maximum atomic E-state index is 13.4. The molecule has 4 rings (SSSR count). The molecular weight excluding hydrogens is 324 g/mol. The number of likely N-dealkylation sites (N-methyl/N-ethyl adjacent to an activating group) is 1. The predicted octanol–water partition coefficient (Wildman–Crippen LogP) is 2.68. The van der Waals surface area contributed by atoms with E-state index in [2.05, 4.69) is 13.1 Å². The summed E-state index contributed by atoms with van der Waals surface area (Å²) in [6, 6.07) is 18.4. The van der Waals surface area contributed by atoms with E-state index in [0.717, 1.165) is 23.6 Å². The van der Waals surface area contributed by atoms with Gasteiger partial charge in [-0.2, -0.15) is 0 Å². The Balaban J connectivity index is 1.74. The fraction of sp³-hybridized carbons (Fsp3) is 0.318. The molecule has 2 aliphatic heterocycles. The number of nitrogens with zero attached hydrogens (tertiary/aromatic N) is 1. The number of nitrogens with one attached hydrogen (secondary N) is 1. The highest BCUT2D eigenvalue weighted by Crippen LogP contribution is 2.31. The predicted molar refractivity (Wildman–Crippen MR) is 103 cm³/mol. The molecule has 2 bridgehead atoms. The van der Waals surface area contributed by atoms with Crippen LogP contribution in [-0.4, -0.2) is 32.1 Å². The number of rotatable bonds is 4. The highest BCUT2D eigenvalue weighted by Gasteiger charge is 2.40. The molecule has 0 spiro atoms. The van der Waals surface area contributed by atoms with Gasteiger partial charge in [0.05, 0.1) is 20.2 Å². The monoisotopic (exact) mass is 349 g/mol. The topological polar surface area (TPSA) is 34.0 Å². The Morgan fingerprint density at radius 2 is 1.81 bits per heavy atom. The second kappa shape index (κ2) is 6.96. The molecule has 134 valence electrons. The molecule has 4 heteroatoms. The van der Waals surface area contributed by atoms with Crippen LogP contribution in [0.5, 0.6) is 5.75 Å². The molecule has 1 amide bonds. The summed E-state index contributed by atoms with van der Waals surface area (Å²) >= 11 is 0. The molecule has 2 heterocycles. The normalized spacial score (nSPS) is 24.1. The molecule has 2 aromatic carbocycles. The van der Waals surface area contributed by atoms with Gasteiger partial charge in [-0.1, -0.05) is 18.2 Å². The fourth-order valence-corrected chi connectivity index (χ4v) is 4.19. The van der Waals surface area contributed by atoms with Gasteiger partial charge in [-0.05, 0) is 42.5 Å². The van der Waals surface area contributed by atoms with Crippen LogP contribution in [0.15, 0.2) is 66.4 Å². The van der Waals surface area contributed by atoms with Crippen molar-refractivity contribution in [2.45, 2.75) is 31.3 Å². The van der Waals surface area contributed by atoms with Gasteiger partial charge in [0.15, 0.2) is 0 Å². The average Bonchev–Trinajstić information content (AvgIpc) is 2.90. The van der Waals surface area contributed by atoms with E-state index in [0.29, 0.717) is 17.6 Å². The average molecular weight is 349 g/mol. The molecule has 4 nitrogen and oxygen atoms in total. The standard InChI is InChI=1S/C22H24N2O2/c1-23-18-8-9-19(23)15-20(14-18)24(17-10-12-21(26-2)13-11-17)22(25)16-6-4-3-5-7-16/h3-7,10-14,18-19H,8-9,15H2,1-2H3/p+1/t18-,19+/m0/s1. The van der Waals surface area contributed by atoms with E-state index in [4.69, 9.17) is 4.74 Å². The summed E-state index contributed by atoms with van der Waals surface area (Å²) < 4.78 is 5.28. The molecule has 2 aromatic rings. The zero-order valence-corrected chi connectivity index (χ0v) is 15.3. The van der Waals surface area contributed by atoms with Crippen molar-refractivity contribution in [2.24, 2.45) is 0 Å². The first-order valence-electron chi connectivity index (χ1n) is 9.25. The van der Waals surface area contributed by atoms with Gasteiger partial charge in [0.25, 0.3) is 5.91 Å². The number of fused-ring (bicyclic) bond motifs is 2. The van der Waals surface area contributed by atoms with Gasteiger partial charge in [0, 0.05) is 36.2 Å². The molecule has 1 N–H and O–H groups in total. The minimum Gasteiger partial charge on any atom is -0.497 e. The van der Waals surface area contributed by atoms with Gasteiger partial charge in [-0.15, -0.1) is 0 Å². The summed E-state index contributed by atoms with van der Waals surface area (Å²) in [6.45, 7) is 0. The van der Waals surface area contributed by atoms with E-state index in [1.54, 1.807) is 12.0 Å². The van der Waals surface area contributed by atoms with Crippen molar-refractivity contribution in [1.82, 2.24) is 0 Å². The zero-order valence-electron chi connectivity index (χ0n) is 15.3. The maximum absolute atomic E-state index is 13.4. The first-order valence-corrected chi connectivity index (χ1v) is 9.25. The van der Waals surface area contributed by atoms with Crippen molar-refractivity contribution in [3.05, 3.63) is 71.9 Å². The van der Waals surface area contributed by atoms with Gasteiger partial charge in [0.1, 0.15) is 11.8 Å². The van der Waals surface area contributed by atoms with Crippen LogP contribution < -0.4 is 14.5 Å². The number of amides is 1.